The molecule has 0 fully saturated rings. The van der Waals surface area contributed by atoms with E-state index >= 15 is 0 Å². The maximum atomic E-state index is 12.5. The quantitative estimate of drug-likeness (QED) is 0.465. The molecule has 0 amide bonds. The number of nitrogens with zero attached hydrogens (tertiary/aromatic N) is 1. The van der Waals surface area contributed by atoms with Crippen LogP contribution in [-0.4, -0.2) is 42.7 Å². The van der Waals surface area contributed by atoms with Crippen LogP contribution >= 0.6 is 11.3 Å². The second-order valence-electron chi connectivity index (χ2n) is 8.02. The molecule has 8 heteroatoms. The van der Waals surface area contributed by atoms with E-state index in [-0.39, 0.29) is 17.2 Å². The highest BCUT2D eigenvalue weighted by molar-refractivity contribution is 7.88. The molecule has 0 aliphatic heterocycles. The molecule has 0 bridgehead atoms. The van der Waals surface area contributed by atoms with Gasteiger partial charge >= 0.3 is 0 Å². The van der Waals surface area contributed by atoms with E-state index in [1.54, 1.807) is 13.1 Å². The highest BCUT2D eigenvalue weighted by atomic mass is 32.2. The summed E-state index contributed by atoms with van der Waals surface area (Å²) >= 11 is 1.38. The van der Waals surface area contributed by atoms with Gasteiger partial charge < -0.3 is 10.1 Å². The maximum absolute atomic E-state index is 12.5. The number of thiophene rings is 1. The molecule has 2 aromatic heterocycles. The minimum atomic E-state index is -3.24. The van der Waals surface area contributed by atoms with Crippen LogP contribution in [0.15, 0.2) is 46.6 Å². The van der Waals surface area contributed by atoms with Crippen LogP contribution in [0, 0.1) is 6.92 Å². The predicted octanol–water partition coefficient (Wildman–Crippen LogP) is 4.42. The van der Waals surface area contributed by atoms with Crippen LogP contribution in [0.2, 0.25) is 0 Å². The third kappa shape index (κ3) is 3.86. The summed E-state index contributed by atoms with van der Waals surface area (Å²) in [6.45, 7) is 4.23. The molecule has 0 aliphatic rings. The van der Waals surface area contributed by atoms with E-state index in [2.05, 4.69) is 4.98 Å². The number of aromatic amines is 1. The first-order valence-corrected chi connectivity index (χ1v) is 12.6. The third-order valence-electron chi connectivity index (χ3n) is 5.75. The van der Waals surface area contributed by atoms with Crippen LogP contribution in [0.5, 0.6) is 5.75 Å². The van der Waals surface area contributed by atoms with Crippen molar-refractivity contribution in [1.29, 1.82) is 0 Å². The summed E-state index contributed by atoms with van der Waals surface area (Å²) in [6, 6.07) is 11.4. The smallest absolute Gasteiger partial charge is 0.266 e. The molecular weight excluding hydrogens is 432 g/mol. The molecule has 2 heterocycles. The lowest BCUT2D eigenvalue weighted by atomic mass is 9.93. The predicted molar refractivity (Wildman–Crippen MR) is 128 cm³/mol. The Balaban J connectivity index is 1.83. The number of aromatic hydroxyl groups is 1. The van der Waals surface area contributed by atoms with Gasteiger partial charge in [0.05, 0.1) is 11.8 Å². The summed E-state index contributed by atoms with van der Waals surface area (Å²) in [5.41, 5.74) is 3.90. The van der Waals surface area contributed by atoms with Crippen molar-refractivity contribution in [2.75, 3.05) is 19.8 Å². The average Bonchev–Trinajstić information content (AvgIpc) is 3.19. The Bertz CT molecular complexity index is 1450. The number of hydrogen-bond donors (Lipinski definition) is 2. The largest absolute Gasteiger partial charge is 0.507 e. The molecule has 4 aromatic rings. The second kappa shape index (κ2) is 7.78. The number of H-pyrrole nitrogens is 1. The number of benzene rings is 2. The Hall–Kier alpha value is -2.68. The Kier molecular flexibility index (Phi) is 5.41. The summed E-state index contributed by atoms with van der Waals surface area (Å²) in [6.07, 6.45) is 1.20. The van der Waals surface area contributed by atoms with Gasteiger partial charge in [0.1, 0.15) is 10.4 Å². The van der Waals surface area contributed by atoms with Crippen molar-refractivity contribution >= 4 is 42.3 Å². The van der Waals surface area contributed by atoms with Gasteiger partial charge in [0, 0.05) is 29.9 Å². The van der Waals surface area contributed by atoms with E-state index in [0.717, 1.165) is 33.0 Å². The van der Waals surface area contributed by atoms with Crippen molar-refractivity contribution in [3.05, 3.63) is 63.3 Å². The fourth-order valence-electron chi connectivity index (χ4n) is 3.98. The molecule has 2 aromatic carbocycles. The van der Waals surface area contributed by atoms with Gasteiger partial charge in [-0.3, -0.25) is 4.79 Å². The molecule has 6 nitrogen and oxygen atoms in total. The summed E-state index contributed by atoms with van der Waals surface area (Å²) in [7, 11) is -1.66. The number of likely N-dealkylation sites (N-methyl/N-ethyl adjacent to an activating group) is 1. The Labute approximate surface area is 184 Å². The van der Waals surface area contributed by atoms with Crippen LogP contribution in [0.1, 0.15) is 24.0 Å². The van der Waals surface area contributed by atoms with Gasteiger partial charge in [0.25, 0.3) is 5.56 Å². The van der Waals surface area contributed by atoms with E-state index in [1.165, 1.54) is 21.9 Å². The van der Waals surface area contributed by atoms with Gasteiger partial charge in [0.2, 0.25) is 10.0 Å². The van der Waals surface area contributed by atoms with Crippen molar-refractivity contribution in [2.45, 2.75) is 19.8 Å². The molecule has 0 saturated heterocycles. The fraction of sp³-hybridized carbons (Fsp3) is 0.261. The molecule has 162 valence electrons. The number of phenolic OH excluding ortho intramolecular Hbond substituents is 1. The summed E-state index contributed by atoms with van der Waals surface area (Å²) < 4.78 is 25.4. The number of rotatable bonds is 5. The zero-order valence-corrected chi connectivity index (χ0v) is 19.4. The molecule has 0 saturated carbocycles. The summed E-state index contributed by atoms with van der Waals surface area (Å²) in [4.78, 5) is 15.4. The van der Waals surface area contributed by atoms with Gasteiger partial charge in [-0.2, -0.15) is 0 Å². The lowest BCUT2D eigenvalue weighted by Crippen LogP contribution is -2.29. The molecule has 0 aliphatic carbocycles. The Morgan fingerprint density at radius 3 is 2.52 bits per heavy atom. The monoisotopic (exact) mass is 456 g/mol. The first-order valence-electron chi connectivity index (χ1n) is 9.85. The molecule has 2 N–H and O–H groups in total. The zero-order chi connectivity index (χ0) is 22.5. The number of fused-ring (bicyclic) bond motifs is 3. The molecule has 31 heavy (non-hydrogen) atoms. The van der Waals surface area contributed by atoms with Gasteiger partial charge in [-0.05, 0) is 47.0 Å². The van der Waals surface area contributed by atoms with Gasteiger partial charge in [-0.1, -0.05) is 31.2 Å². The summed E-state index contributed by atoms with van der Waals surface area (Å²) in [5, 5.41) is 14.4. The van der Waals surface area contributed by atoms with Crippen LogP contribution in [-0.2, 0) is 10.0 Å². The molecule has 4 rings (SSSR count). The number of phenols is 1. The number of aryl methyl sites for hydroxylation is 1. The number of sulfonamides is 1. The molecular formula is C23H24N2O4S2. The maximum Gasteiger partial charge on any atom is 0.266 e. The van der Waals surface area contributed by atoms with E-state index in [0.29, 0.717) is 16.8 Å². The average molecular weight is 457 g/mol. The highest BCUT2D eigenvalue weighted by Gasteiger charge is 2.19. The topological polar surface area (TPSA) is 90.5 Å². The minimum Gasteiger partial charge on any atom is -0.507 e. The second-order valence-corrected chi connectivity index (χ2v) is 11.0. The van der Waals surface area contributed by atoms with Crippen molar-refractivity contribution in [3.8, 4) is 16.9 Å². The van der Waals surface area contributed by atoms with Gasteiger partial charge in [-0.15, -0.1) is 11.3 Å². The molecule has 0 radical (unpaired) electrons. The molecule has 0 unspecified atom stereocenters. The van der Waals surface area contributed by atoms with Crippen molar-refractivity contribution < 1.29 is 13.5 Å². The van der Waals surface area contributed by atoms with Crippen LogP contribution in [0.3, 0.4) is 0 Å². The minimum absolute atomic E-state index is 0.0112. The van der Waals surface area contributed by atoms with Crippen LogP contribution in [0.4, 0.5) is 0 Å². The molecule has 0 spiro atoms. The Morgan fingerprint density at radius 2 is 1.87 bits per heavy atom. The lowest BCUT2D eigenvalue weighted by molar-refractivity contribution is 0.451. The SMILES string of the molecule is Cc1cc(O)c(-c2ccc([C@@H](C)CN(C)S(C)(=O)=O)cc2)c2c1[nH]c(=O)c1sccc12. The van der Waals surface area contributed by atoms with E-state index in [9.17, 15) is 18.3 Å². The number of aromatic nitrogens is 1. The van der Waals surface area contributed by atoms with Crippen molar-refractivity contribution in [1.82, 2.24) is 9.29 Å². The third-order valence-corrected chi connectivity index (χ3v) is 7.94. The fourth-order valence-corrected chi connectivity index (χ4v) is 5.27. The van der Waals surface area contributed by atoms with E-state index < -0.39 is 10.0 Å². The first kappa shape index (κ1) is 21.5. The van der Waals surface area contributed by atoms with Crippen LogP contribution < -0.4 is 5.56 Å². The number of nitrogens with one attached hydrogen (secondary N) is 1. The van der Waals surface area contributed by atoms with Crippen molar-refractivity contribution in [2.24, 2.45) is 0 Å². The first-order chi connectivity index (χ1) is 14.6. The lowest BCUT2D eigenvalue weighted by Gasteiger charge is -2.20. The van der Waals surface area contributed by atoms with Gasteiger partial charge in [-0.25, -0.2) is 12.7 Å². The summed E-state index contributed by atoms with van der Waals surface area (Å²) in [5.74, 6) is 0.166. The highest BCUT2D eigenvalue weighted by Crippen LogP contribution is 2.41. The molecule has 1 atom stereocenters. The van der Waals surface area contributed by atoms with E-state index in [1.807, 2.05) is 49.6 Å². The number of hydrogen-bond acceptors (Lipinski definition) is 5. The normalized spacial score (nSPS) is 13.3. The standard InChI is InChI=1S/C23H24N2O4S2/c1-13-11-18(26)19(20-17-9-10-30-22(17)23(27)24-21(13)20)16-7-5-15(6-8-16)14(2)12-25(3)31(4,28)29/h5-11,14,26H,12H2,1-4H3,(H,24,27)/t14-/m0/s1. The van der Waals surface area contributed by atoms with Gasteiger partial charge in [0.15, 0.2) is 0 Å². The van der Waals surface area contributed by atoms with E-state index in [4.69, 9.17) is 0 Å². The number of pyridine rings is 1. The van der Waals surface area contributed by atoms with Crippen LogP contribution in [0.25, 0.3) is 32.1 Å². The zero-order valence-electron chi connectivity index (χ0n) is 17.8. The Morgan fingerprint density at radius 1 is 1.19 bits per heavy atom. The van der Waals surface area contributed by atoms with Crippen molar-refractivity contribution in [3.63, 3.8) is 0 Å².